The zero-order valence-electron chi connectivity index (χ0n) is 16.7. The summed E-state index contributed by atoms with van der Waals surface area (Å²) in [6.07, 6.45) is 6.38. The maximum absolute atomic E-state index is 12.9. The number of carbonyl (C=O) groups is 2. The van der Waals surface area contributed by atoms with E-state index < -0.39 is 0 Å². The van der Waals surface area contributed by atoms with Gasteiger partial charge >= 0.3 is 12.1 Å². The maximum atomic E-state index is 12.9. The molecular weight excluding hydrogens is 375 g/mol. The summed E-state index contributed by atoms with van der Waals surface area (Å²) in [4.78, 5) is 23.9. The van der Waals surface area contributed by atoms with Gasteiger partial charge in [-0.15, -0.1) is 0 Å². The van der Waals surface area contributed by atoms with Crippen LogP contribution in [0, 0.1) is 17.7 Å². The fourth-order valence-corrected chi connectivity index (χ4v) is 3.90. The van der Waals surface area contributed by atoms with E-state index in [1.54, 1.807) is 0 Å². The van der Waals surface area contributed by atoms with Crippen LogP contribution < -0.4 is 21.3 Å². The normalized spacial score (nSPS) is 24.0. The Kier molecular flexibility index (Phi) is 8.10. The third-order valence-corrected chi connectivity index (χ3v) is 5.69. The maximum Gasteiger partial charge on any atom is 0.319 e. The van der Waals surface area contributed by atoms with Gasteiger partial charge in [0, 0.05) is 31.9 Å². The van der Waals surface area contributed by atoms with Gasteiger partial charge < -0.3 is 26.0 Å². The molecule has 160 valence electrons. The molecule has 0 bridgehead atoms. The molecule has 4 amide bonds. The number of rotatable bonds is 7. The van der Waals surface area contributed by atoms with Crippen molar-refractivity contribution in [3.05, 3.63) is 30.1 Å². The first-order valence-corrected chi connectivity index (χ1v) is 10.5. The highest BCUT2D eigenvalue weighted by atomic mass is 19.1. The van der Waals surface area contributed by atoms with Gasteiger partial charge in [-0.05, 0) is 74.6 Å². The van der Waals surface area contributed by atoms with Gasteiger partial charge in [-0.25, -0.2) is 14.0 Å². The Morgan fingerprint density at radius 3 is 2.03 bits per heavy atom. The molecule has 0 radical (unpaired) electrons. The molecule has 1 atom stereocenters. The van der Waals surface area contributed by atoms with Crippen molar-refractivity contribution >= 4 is 17.7 Å². The number of benzene rings is 1. The zero-order valence-corrected chi connectivity index (χ0v) is 16.7. The molecule has 29 heavy (non-hydrogen) atoms. The second-order valence-electron chi connectivity index (χ2n) is 7.95. The first kappa shape index (κ1) is 21.4. The van der Waals surface area contributed by atoms with E-state index in [0.29, 0.717) is 37.2 Å². The molecule has 1 saturated heterocycles. The molecule has 4 N–H and O–H groups in total. The van der Waals surface area contributed by atoms with E-state index in [1.165, 1.54) is 24.3 Å². The Balaban J connectivity index is 1.24. The van der Waals surface area contributed by atoms with E-state index in [-0.39, 0.29) is 24.0 Å². The molecule has 3 rings (SSSR count). The number of hydrogen-bond donors (Lipinski definition) is 4. The van der Waals surface area contributed by atoms with E-state index in [0.717, 1.165) is 45.1 Å². The summed E-state index contributed by atoms with van der Waals surface area (Å²) < 4.78 is 18.4. The highest BCUT2D eigenvalue weighted by Crippen LogP contribution is 2.28. The van der Waals surface area contributed by atoms with Gasteiger partial charge in [-0.2, -0.15) is 0 Å². The van der Waals surface area contributed by atoms with Crippen LogP contribution in [0.2, 0.25) is 0 Å². The number of urea groups is 2. The van der Waals surface area contributed by atoms with E-state index in [1.807, 2.05) is 0 Å². The monoisotopic (exact) mass is 406 g/mol. The standard InChI is InChI=1S/C21H31FN4O3/c22-17-7-9-18(10-8-17)26-21(28)24-13-16-5-3-15(4-6-16)12-23-20(27)25-14-19-2-1-11-29-19/h7-10,15-16,19H,1-6,11-14H2,(H2,23,25,27)(H2,24,26,28). The summed E-state index contributed by atoms with van der Waals surface area (Å²) in [5.41, 5.74) is 0.566. The van der Waals surface area contributed by atoms with Crippen molar-refractivity contribution in [1.29, 1.82) is 0 Å². The molecule has 2 aliphatic rings. The van der Waals surface area contributed by atoms with Crippen LogP contribution in [0.1, 0.15) is 38.5 Å². The van der Waals surface area contributed by atoms with Crippen LogP contribution in [0.5, 0.6) is 0 Å². The number of carbonyl (C=O) groups excluding carboxylic acids is 2. The second-order valence-corrected chi connectivity index (χ2v) is 7.95. The Bertz CT molecular complexity index is 656. The molecule has 0 spiro atoms. The van der Waals surface area contributed by atoms with Crippen LogP contribution in [-0.4, -0.2) is 44.4 Å². The molecule has 1 aliphatic carbocycles. The van der Waals surface area contributed by atoms with Crippen molar-refractivity contribution in [2.75, 3.05) is 31.6 Å². The number of anilines is 1. The third-order valence-electron chi connectivity index (χ3n) is 5.69. The summed E-state index contributed by atoms with van der Waals surface area (Å²) >= 11 is 0. The molecule has 1 aromatic carbocycles. The largest absolute Gasteiger partial charge is 0.376 e. The summed E-state index contributed by atoms with van der Waals surface area (Å²) in [6.45, 7) is 2.67. The number of hydrogen-bond acceptors (Lipinski definition) is 3. The molecule has 2 fully saturated rings. The van der Waals surface area contributed by atoms with Crippen LogP contribution >= 0.6 is 0 Å². The van der Waals surface area contributed by atoms with E-state index >= 15 is 0 Å². The topological polar surface area (TPSA) is 91.5 Å². The SMILES string of the molecule is O=C(NCC1CCC(CNC(=O)Nc2ccc(F)cc2)CC1)NCC1CCCO1. The van der Waals surface area contributed by atoms with Gasteiger partial charge in [0.1, 0.15) is 5.82 Å². The minimum absolute atomic E-state index is 0.123. The Hall–Kier alpha value is -2.35. The molecule has 1 saturated carbocycles. The molecular formula is C21H31FN4O3. The molecule has 0 aromatic heterocycles. The third kappa shape index (κ3) is 7.53. The van der Waals surface area contributed by atoms with Gasteiger partial charge in [0.15, 0.2) is 0 Å². The highest BCUT2D eigenvalue weighted by Gasteiger charge is 2.22. The lowest BCUT2D eigenvalue weighted by Gasteiger charge is -2.28. The summed E-state index contributed by atoms with van der Waals surface area (Å²) in [5.74, 6) is 0.592. The van der Waals surface area contributed by atoms with Crippen molar-refractivity contribution in [3.63, 3.8) is 0 Å². The number of halogens is 1. The smallest absolute Gasteiger partial charge is 0.319 e. The number of amides is 4. The summed E-state index contributed by atoms with van der Waals surface area (Å²) in [6, 6.07) is 5.29. The molecule has 1 unspecified atom stereocenters. The van der Waals surface area contributed by atoms with Gasteiger partial charge in [-0.3, -0.25) is 0 Å². The van der Waals surface area contributed by atoms with Gasteiger partial charge in [0.05, 0.1) is 6.10 Å². The van der Waals surface area contributed by atoms with Crippen LogP contribution in [0.4, 0.5) is 19.7 Å². The van der Waals surface area contributed by atoms with Crippen LogP contribution in [0.25, 0.3) is 0 Å². The first-order chi connectivity index (χ1) is 14.1. The van der Waals surface area contributed by atoms with Crippen molar-refractivity contribution in [3.8, 4) is 0 Å². The first-order valence-electron chi connectivity index (χ1n) is 10.5. The predicted octanol–water partition coefficient (Wildman–Crippen LogP) is 3.23. The lowest BCUT2D eigenvalue weighted by atomic mass is 9.82. The fourth-order valence-electron chi connectivity index (χ4n) is 3.90. The molecule has 1 aromatic rings. The Labute approximate surface area is 171 Å². The lowest BCUT2D eigenvalue weighted by molar-refractivity contribution is 0.111. The van der Waals surface area contributed by atoms with E-state index in [2.05, 4.69) is 21.3 Å². The van der Waals surface area contributed by atoms with Crippen LogP contribution in [0.15, 0.2) is 24.3 Å². The molecule has 8 heteroatoms. The molecule has 7 nitrogen and oxygen atoms in total. The predicted molar refractivity (Wildman–Crippen MR) is 109 cm³/mol. The summed E-state index contributed by atoms with van der Waals surface area (Å²) in [5, 5.41) is 11.4. The Morgan fingerprint density at radius 1 is 0.862 bits per heavy atom. The average molecular weight is 407 g/mol. The fraction of sp³-hybridized carbons (Fsp3) is 0.619. The second kappa shape index (κ2) is 11.0. The van der Waals surface area contributed by atoms with Crippen molar-refractivity contribution < 1.29 is 18.7 Å². The minimum atomic E-state index is -0.331. The van der Waals surface area contributed by atoms with E-state index in [9.17, 15) is 14.0 Å². The van der Waals surface area contributed by atoms with Crippen molar-refractivity contribution in [2.24, 2.45) is 11.8 Å². The van der Waals surface area contributed by atoms with Crippen molar-refractivity contribution in [2.45, 2.75) is 44.6 Å². The number of nitrogens with one attached hydrogen (secondary N) is 4. The van der Waals surface area contributed by atoms with Gasteiger partial charge in [0.2, 0.25) is 0 Å². The van der Waals surface area contributed by atoms with Gasteiger partial charge in [0.25, 0.3) is 0 Å². The van der Waals surface area contributed by atoms with Crippen LogP contribution in [-0.2, 0) is 4.74 Å². The Morgan fingerprint density at radius 2 is 1.45 bits per heavy atom. The molecule has 1 aliphatic heterocycles. The summed E-state index contributed by atoms with van der Waals surface area (Å²) in [7, 11) is 0. The minimum Gasteiger partial charge on any atom is -0.376 e. The molecule has 1 heterocycles. The van der Waals surface area contributed by atoms with E-state index in [4.69, 9.17) is 4.74 Å². The average Bonchev–Trinajstić information content (AvgIpc) is 3.25. The lowest BCUT2D eigenvalue weighted by Crippen LogP contribution is -2.42. The zero-order chi connectivity index (χ0) is 20.5. The quantitative estimate of drug-likeness (QED) is 0.560. The van der Waals surface area contributed by atoms with Crippen molar-refractivity contribution in [1.82, 2.24) is 16.0 Å². The van der Waals surface area contributed by atoms with Gasteiger partial charge in [-0.1, -0.05) is 0 Å². The number of ether oxygens (including phenoxy) is 1. The van der Waals surface area contributed by atoms with Crippen LogP contribution in [0.3, 0.4) is 0 Å². The highest BCUT2D eigenvalue weighted by molar-refractivity contribution is 5.89.